The van der Waals surface area contributed by atoms with Gasteiger partial charge in [0.15, 0.2) is 0 Å². The van der Waals surface area contributed by atoms with Crippen LogP contribution in [0.1, 0.15) is 5.56 Å². The second-order valence-corrected chi connectivity index (χ2v) is 6.49. The zero-order valence-electron chi connectivity index (χ0n) is 9.55. The molecule has 0 aromatic heterocycles. The lowest BCUT2D eigenvalue weighted by molar-refractivity contribution is 0.469. The Labute approximate surface area is 138 Å². The molecule has 0 aliphatic heterocycles. The maximum atomic E-state index is 9.86. The first-order valence-electron chi connectivity index (χ1n) is 5.33. The van der Waals surface area contributed by atoms with Gasteiger partial charge in [-0.1, -0.05) is 39.1 Å². The molecule has 6 heteroatoms. The van der Waals surface area contributed by atoms with Gasteiger partial charge < -0.3 is 10.4 Å². The van der Waals surface area contributed by atoms with E-state index in [1.165, 1.54) is 6.07 Å². The van der Waals surface area contributed by atoms with Crippen molar-refractivity contribution in [3.05, 3.63) is 54.9 Å². The summed E-state index contributed by atoms with van der Waals surface area (Å²) in [6, 6.07) is 8.99. The van der Waals surface area contributed by atoms with Gasteiger partial charge in [0.25, 0.3) is 0 Å². The van der Waals surface area contributed by atoms with Gasteiger partial charge in [0.05, 0.1) is 5.02 Å². The Morgan fingerprint density at radius 3 is 2.53 bits per heavy atom. The van der Waals surface area contributed by atoms with Crippen LogP contribution in [0.3, 0.4) is 0 Å². The minimum atomic E-state index is 0.0480. The lowest BCUT2D eigenvalue weighted by Crippen LogP contribution is -2.00. The van der Waals surface area contributed by atoms with E-state index in [4.69, 9.17) is 23.2 Å². The zero-order chi connectivity index (χ0) is 14.0. The topological polar surface area (TPSA) is 32.3 Å². The molecule has 2 aromatic rings. The highest BCUT2D eigenvalue weighted by Gasteiger charge is 2.08. The molecule has 0 atom stereocenters. The molecule has 0 aliphatic rings. The Morgan fingerprint density at radius 2 is 1.84 bits per heavy atom. The van der Waals surface area contributed by atoms with Crippen molar-refractivity contribution >= 4 is 60.7 Å². The molecule has 2 aromatic carbocycles. The third-order valence-corrected chi connectivity index (χ3v) is 4.16. The predicted molar refractivity (Wildman–Crippen MR) is 87.3 cm³/mol. The van der Waals surface area contributed by atoms with Gasteiger partial charge in [0.2, 0.25) is 0 Å². The summed E-state index contributed by atoms with van der Waals surface area (Å²) in [5.41, 5.74) is 1.56. The van der Waals surface area contributed by atoms with Gasteiger partial charge in [0, 0.05) is 31.8 Å². The third-order valence-electron chi connectivity index (χ3n) is 2.51. The van der Waals surface area contributed by atoms with Crippen molar-refractivity contribution in [1.29, 1.82) is 0 Å². The molecule has 0 fully saturated rings. The third kappa shape index (κ3) is 3.78. The summed E-state index contributed by atoms with van der Waals surface area (Å²) in [5.74, 6) is 0.0480. The largest absolute Gasteiger partial charge is 0.506 e. The first-order valence-corrected chi connectivity index (χ1v) is 7.67. The van der Waals surface area contributed by atoms with Crippen molar-refractivity contribution in [1.82, 2.24) is 0 Å². The van der Waals surface area contributed by atoms with Crippen molar-refractivity contribution in [3.8, 4) is 5.75 Å². The molecule has 2 nitrogen and oxygen atoms in total. The normalized spacial score (nSPS) is 10.5. The number of hydrogen-bond acceptors (Lipinski definition) is 2. The lowest BCUT2D eigenvalue weighted by atomic mass is 10.2. The minimum absolute atomic E-state index is 0.0480. The maximum Gasteiger partial charge on any atom is 0.139 e. The SMILES string of the molecule is Oc1c(Cl)cc(Cl)cc1CNc1ccc(Br)cc1Br. The van der Waals surface area contributed by atoms with E-state index in [2.05, 4.69) is 37.2 Å². The van der Waals surface area contributed by atoms with Gasteiger partial charge in [0.1, 0.15) is 5.75 Å². The molecule has 2 N–H and O–H groups in total. The Balaban J connectivity index is 2.19. The Morgan fingerprint density at radius 1 is 1.11 bits per heavy atom. The summed E-state index contributed by atoms with van der Waals surface area (Å²) >= 11 is 18.6. The number of phenols is 1. The molecule has 0 radical (unpaired) electrons. The number of aromatic hydroxyl groups is 1. The van der Waals surface area contributed by atoms with Gasteiger partial charge in [-0.15, -0.1) is 0 Å². The summed E-state index contributed by atoms with van der Waals surface area (Å²) in [7, 11) is 0. The van der Waals surface area contributed by atoms with E-state index in [-0.39, 0.29) is 10.8 Å². The van der Waals surface area contributed by atoms with E-state index in [1.807, 2.05) is 18.2 Å². The Hall–Kier alpha value is -0.420. The number of benzene rings is 2. The monoisotopic (exact) mass is 423 g/mol. The van der Waals surface area contributed by atoms with Crippen molar-refractivity contribution in [2.24, 2.45) is 0 Å². The molecule has 0 heterocycles. The molecule has 100 valence electrons. The fourth-order valence-corrected chi connectivity index (χ4v) is 3.30. The summed E-state index contributed by atoms with van der Waals surface area (Å²) in [4.78, 5) is 0. The van der Waals surface area contributed by atoms with Crippen LogP contribution in [0.4, 0.5) is 5.69 Å². The first kappa shape index (κ1) is 15.0. The van der Waals surface area contributed by atoms with E-state index in [0.29, 0.717) is 17.1 Å². The summed E-state index contributed by atoms with van der Waals surface area (Å²) in [6.45, 7) is 0.423. The van der Waals surface area contributed by atoms with E-state index >= 15 is 0 Å². The predicted octanol–water partition coefficient (Wildman–Crippen LogP) is 5.84. The summed E-state index contributed by atoms with van der Waals surface area (Å²) in [6.07, 6.45) is 0. The first-order chi connectivity index (χ1) is 8.97. The van der Waals surface area contributed by atoms with Crippen LogP contribution >= 0.6 is 55.1 Å². The fraction of sp³-hybridized carbons (Fsp3) is 0.0769. The smallest absolute Gasteiger partial charge is 0.139 e. The van der Waals surface area contributed by atoms with Gasteiger partial charge in [-0.3, -0.25) is 0 Å². The standard InChI is InChI=1S/C13H9Br2Cl2NO/c14-8-1-2-12(10(15)4-8)18-6-7-3-9(16)5-11(17)13(7)19/h1-5,18-19H,6H2. The Kier molecular flexibility index (Phi) is 5.01. The molecule has 0 unspecified atom stereocenters. The van der Waals surface area contributed by atoms with E-state index < -0.39 is 0 Å². The quantitative estimate of drug-likeness (QED) is 0.647. The van der Waals surface area contributed by atoms with Crippen LogP contribution in [0.2, 0.25) is 10.0 Å². The van der Waals surface area contributed by atoms with Gasteiger partial charge in [-0.2, -0.15) is 0 Å². The minimum Gasteiger partial charge on any atom is -0.506 e. The molecule has 19 heavy (non-hydrogen) atoms. The molecule has 0 aliphatic carbocycles. The number of halogens is 4. The molecule has 0 spiro atoms. The van der Waals surface area contributed by atoms with Gasteiger partial charge >= 0.3 is 0 Å². The van der Waals surface area contributed by atoms with Crippen LogP contribution in [0.5, 0.6) is 5.75 Å². The number of hydrogen-bond donors (Lipinski definition) is 2. The van der Waals surface area contributed by atoms with Crippen molar-refractivity contribution < 1.29 is 5.11 Å². The summed E-state index contributed by atoms with van der Waals surface area (Å²) < 4.78 is 1.91. The second-order valence-electron chi connectivity index (χ2n) is 3.87. The molecule has 0 saturated carbocycles. The van der Waals surface area contributed by atoms with Crippen LogP contribution in [0.25, 0.3) is 0 Å². The summed E-state index contributed by atoms with van der Waals surface area (Å²) in [5, 5.41) is 13.8. The van der Waals surface area contributed by atoms with E-state index in [0.717, 1.165) is 14.6 Å². The van der Waals surface area contributed by atoms with E-state index in [9.17, 15) is 5.11 Å². The van der Waals surface area contributed by atoms with Crippen LogP contribution in [-0.4, -0.2) is 5.11 Å². The molecular weight excluding hydrogens is 417 g/mol. The van der Waals surface area contributed by atoms with Crippen molar-refractivity contribution in [2.75, 3.05) is 5.32 Å². The highest BCUT2D eigenvalue weighted by molar-refractivity contribution is 9.11. The Bertz CT molecular complexity index is 620. The number of nitrogens with one attached hydrogen (secondary N) is 1. The van der Waals surface area contributed by atoms with Crippen LogP contribution < -0.4 is 5.32 Å². The van der Waals surface area contributed by atoms with Gasteiger partial charge in [-0.05, 0) is 46.3 Å². The highest BCUT2D eigenvalue weighted by Crippen LogP contribution is 2.32. The average molecular weight is 426 g/mol. The average Bonchev–Trinajstić information content (AvgIpc) is 2.33. The van der Waals surface area contributed by atoms with Crippen LogP contribution in [0.15, 0.2) is 39.3 Å². The molecule has 0 bridgehead atoms. The maximum absolute atomic E-state index is 9.86. The zero-order valence-corrected chi connectivity index (χ0v) is 14.2. The molecule has 0 amide bonds. The van der Waals surface area contributed by atoms with Crippen LogP contribution in [-0.2, 0) is 6.54 Å². The number of rotatable bonds is 3. The number of anilines is 1. The van der Waals surface area contributed by atoms with Crippen LogP contribution in [0, 0.1) is 0 Å². The molecular formula is C13H9Br2Cl2NO. The second kappa shape index (κ2) is 6.35. The molecule has 2 rings (SSSR count). The fourth-order valence-electron chi connectivity index (χ4n) is 1.58. The number of phenolic OH excluding ortho intramolecular Hbond substituents is 1. The molecule has 0 saturated heterocycles. The van der Waals surface area contributed by atoms with Crippen molar-refractivity contribution in [2.45, 2.75) is 6.54 Å². The van der Waals surface area contributed by atoms with Gasteiger partial charge in [-0.25, -0.2) is 0 Å². The van der Waals surface area contributed by atoms with Crippen molar-refractivity contribution in [3.63, 3.8) is 0 Å². The highest BCUT2D eigenvalue weighted by atomic mass is 79.9. The van der Waals surface area contributed by atoms with E-state index in [1.54, 1.807) is 6.07 Å². The lowest BCUT2D eigenvalue weighted by Gasteiger charge is -2.11.